The first-order chi connectivity index (χ1) is 12.1. The predicted molar refractivity (Wildman–Crippen MR) is 100 cm³/mol. The molecule has 0 aromatic carbocycles. The van der Waals surface area contributed by atoms with Crippen molar-refractivity contribution < 1.29 is 28.7 Å². The number of hydrogen-bond acceptors (Lipinski definition) is 4. The Bertz CT molecular complexity index is 308. The minimum atomic E-state index is -4.49. The van der Waals surface area contributed by atoms with E-state index in [2.05, 4.69) is 9.56 Å². The zero-order chi connectivity index (χ0) is 18.6. The van der Waals surface area contributed by atoms with Crippen LogP contribution >= 0.6 is 7.82 Å². The standard InChI is InChI=1S/C18H39O6P/c1-2-22-17-15-13-11-9-7-5-3-4-6-8-10-12-14-16-18-23-24-25(19,20)21/h2-18H2,1H3,(H2,19,20,21). The Morgan fingerprint density at radius 2 is 1.00 bits per heavy atom. The van der Waals surface area contributed by atoms with Crippen LogP contribution in [0.2, 0.25) is 0 Å². The van der Waals surface area contributed by atoms with Gasteiger partial charge in [-0.2, -0.15) is 0 Å². The Balaban J connectivity index is 3.02. The SMILES string of the molecule is CCOCCCCCCCCCCCCCCCCOOP(=O)(O)O. The number of phosphoric acid groups is 1. The quantitative estimate of drug-likeness (QED) is 0.125. The molecule has 0 aliphatic rings. The molecule has 0 amide bonds. The zero-order valence-electron chi connectivity index (χ0n) is 16.0. The maximum Gasteiger partial charge on any atom is 0.496 e. The fraction of sp³-hybridized carbons (Fsp3) is 1.00. The lowest BCUT2D eigenvalue weighted by Gasteiger charge is -2.05. The largest absolute Gasteiger partial charge is 0.496 e. The Labute approximate surface area is 153 Å². The number of ether oxygens (including phenoxy) is 1. The summed E-state index contributed by atoms with van der Waals surface area (Å²) < 4.78 is 19.6. The molecule has 0 saturated heterocycles. The van der Waals surface area contributed by atoms with Gasteiger partial charge in [0.05, 0.1) is 6.61 Å². The summed E-state index contributed by atoms with van der Waals surface area (Å²) in [7, 11) is -4.49. The van der Waals surface area contributed by atoms with Crippen molar-refractivity contribution in [2.75, 3.05) is 19.8 Å². The maximum atomic E-state index is 10.4. The molecule has 0 atom stereocenters. The molecule has 2 N–H and O–H groups in total. The van der Waals surface area contributed by atoms with Gasteiger partial charge in [-0.3, -0.25) is 0 Å². The summed E-state index contributed by atoms with van der Waals surface area (Å²) in [5.41, 5.74) is 0. The van der Waals surface area contributed by atoms with E-state index in [-0.39, 0.29) is 6.61 Å². The first-order valence-electron chi connectivity index (χ1n) is 10.0. The molecule has 0 unspecified atom stereocenters. The lowest BCUT2D eigenvalue weighted by molar-refractivity contribution is -0.222. The molecule has 0 heterocycles. The van der Waals surface area contributed by atoms with E-state index in [0.29, 0.717) is 0 Å². The van der Waals surface area contributed by atoms with Gasteiger partial charge in [-0.25, -0.2) is 9.45 Å². The van der Waals surface area contributed by atoms with E-state index in [4.69, 9.17) is 14.5 Å². The third kappa shape index (κ3) is 24.0. The summed E-state index contributed by atoms with van der Waals surface area (Å²) in [6, 6.07) is 0. The molecule has 0 bridgehead atoms. The van der Waals surface area contributed by atoms with Crippen molar-refractivity contribution >= 4 is 7.82 Å². The van der Waals surface area contributed by atoms with E-state index in [1.54, 1.807) is 0 Å². The first kappa shape index (κ1) is 25.0. The van der Waals surface area contributed by atoms with Gasteiger partial charge in [-0.15, -0.1) is 4.67 Å². The predicted octanol–water partition coefficient (Wildman–Crippen LogP) is 5.53. The van der Waals surface area contributed by atoms with Crippen LogP contribution in [0.3, 0.4) is 0 Å². The molecule has 0 aromatic rings. The van der Waals surface area contributed by atoms with Gasteiger partial charge in [-0.1, -0.05) is 77.0 Å². The first-order valence-corrected chi connectivity index (χ1v) is 11.5. The summed E-state index contributed by atoms with van der Waals surface area (Å²) in [6.07, 6.45) is 17.4. The minimum Gasteiger partial charge on any atom is -0.382 e. The van der Waals surface area contributed by atoms with Gasteiger partial charge < -0.3 is 14.5 Å². The second-order valence-corrected chi connectivity index (χ2v) is 7.66. The molecule has 25 heavy (non-hydrogen) atoms. The van der Waals surface area contributed by atoms with E-state index in [9.17, 15) is 4.57 Å². The second-order valence-electron chi connectivity index (χ2n) is 6.53. The maximum absolute atomic E-state index is 10.4. The van der Waals surface area contributed by atoms with E-state index in [1.807, 2.05) is 6.92 Å². The molecule has 0 radical (unpaired) electrons. The lowest BCUT2D eigenvalue weighted by atomic mass is 10.0. The van der Waals surface area contributed by atoms with Crippen molar-refractivity contribution in [1.82, 2.24) is 0 Å². The van der Waals surface area contributed by atoms with Crippen LogP contribution in [0.15, 0.2) is 0 Å². The van der Waals surface area contributed by atoms with Crippen molar-refractivity contribution in [3.63, 3.8) is 0 Å². The highest BCUT2D eigenvalue weighted by molar-refractivity contribution is 7.46. The average Bonchev–Trinajstić information content (AvgIpc) is 2.56. The van der Waals surface area contributed by atoms with Crippen LogP contribution in [0, 0.1) is 0 Å². The van der Waals surface area contributed by atoms with Crippen LogP contribution < -0.4 is 0 Å². The molecule has 0 aliphatic carbocycles. The minimum absolute atomic E-state index is 0.233. The summed E-state index contributed by atoms with van der Waals surface area (Å²) >= 11 is 0. The number of rotatable bonds is 20. The zero-order valence-corrected chi connectivity index (χ0v) is 16.9. The molecule has 0 spiro atoms. The lowest BCUT2D eigenvalue weighted by Crippen LogP contribution is -1.95. The molecular weight excluding hydrogens is 343 g/mol. The van der Waals surface area contributed by atoms with E-state index in [1.165, 1.54) is 70.6 Å². The molecule has 0 rings (SSSR count). The Morgan fingerprint density at radius 3 is 1.36 bits per heavy atom. The third-order valence-corrected chi connectivity index (χ3v) is 4.42. The summed E-state index contributed by atoms with van der Waals surface area (Å²) in [4.78, 5) is 21.3. The summed E-state index contributed by atoms with van der Waals surface area (Å²) in [5, 5.41) is 0. The molecule has 0 aliphatic heterocycles. The van der Waals surface area contributed by atoms with Crippen LogP contribution in [-0.2, 0) is 18.9 Å². The second kappa shape index (κ2) is 18.8. The van der Waals surface area contributed by atoms with E-state index < -0.39 is 7.82 Å². The van der Waals surface area contributed by atoms with Gasteiger partial charge >= 0.3 is 7.82 Å². The average molecular weight is 382 g/mol. The highest BCUT2D eigenvalue weighted by Crippen LogP contribution is 2.35. The van der Waals surface area contributed by atoms with Crippen LogP contribution in [0.4, 0.5) is 0 Å². The molecular formula is C18H39O6P. The molecule has 0 saturated carbocycles. The Morgan fingerprint density at radius 1 is 0.640 bits per heavy atom. The van der Waals surface area contributed by atoms with Crippen LogP contribution in [-0.4, -0.2) is 29.6 Å². The molecule has 152 valence electrons. The summed E-state index contributed by atoms with van der Waals surface area (Å²) in [6.45, 7) is 4.04. The van der Waals surface area contributed by atoms with Gasteiger partial charge in [0.25, 0.3) is 0 Å². The van der Waals surface area contributed by atoms with Crippen LogP contribution in [0.5, 0.6) is 0 Å². The molecule has 6 nitrogen and oxygen atoms in total. The van der Waals surface area contributed by atoms with Gasteiger partial charge in [0.15, 0.2) is 0 Å². The van der Waals surface area contributed by atoms with Gasteiger partial charge in [0.2, 0.25) is 0 Å². The van der Waals surface area contributed by atoms with Gasteiger partial charge in [0.1, 0.15) is 0 Å². The fourth-order valence-electron chi connectivity index (χ4n) is 2.74. The van der Waals surface area contributed by atoms with Gasteiger partial charge in [-0.05, 0) is 19.8 Å². The van der Waals surface area contributed by atoms with Crippen molar-refractivity contribution in [2.24, 2.45) is 0 Å². The highest BCUT2D eigenvalue weighted by Gasteiger charge is 2.14. The topological polar surface area (TPSA) is 85.2 Å². The molecule has 7 heteroatoms. The summed E-state index contributed by atoms with van der Waals surface area (Å²) in [5.74, 6) is 0. The normalized spacial score (nSPS) is 12.0. The smallest absolute Gasteiger partial charge is 0.382 e. The third-order valence-electron chi connectivity index (χ3n) is 4.12. The Kier molecular flexibility index (Phi) is 18.8. The fourth-order valence-corrected chi connectivity index (χ4v) is 2.95. The van der Waals surface area contributed by atoms with Crippen LogP contribution in [0.1, 0.15) is 96.8 Å². The Hall–Kier alpha value is 0.0300. The number of hydrogen-bond donors (Lipinski definition) is 2. The molecule has 0 aromatic heterocycles. The highest BCUT2D eigenvalue weighted by atomic mass is 31.2. The van der Waals surface area contributed by atoms with E-state index >= 15 is 0 Å². The van der Waals surface area contributed by atoms with Crippen molar-refractivity contribution in [3.8, 4) is 0 Å². The van der Waals surface area contributed by atoms with Crippen molar-refractivity contribution in [1.29, 1.82) is 0 Å². The van der Waals surface area contributed by atoms with Crippen molar-refractivity contribution in [2.45, 2.75) is 96.8 Å². The van der Waals surface area contributed by atoms with Crippen LogP contribution in [0.25, 0.3) is 0 Å². The van der Waals surface area contributed by atoms with E-state index in [0.717, 1.165) is 32.5 Å². The molecule has 0 fully saturated rings. The van der Waals surface area contributed by atoms with Gasteiger partial charge in [0, 0.05) is 13.2 Å². The monoisotopic (exact) mass is 382 g/mol. The number of unbranched alkanes of at least 4 members (excludes halogenated alkanes) is 13. The van der Waals surface area contributed by atoms with Crippen molar-refractivity contribution in [3.05, 3.63) is 0 Å².